The van der Waals surface area contributed by atoms with Crippen molar-refractivity contribution >= 4 is 128 Å². The van der Waals surface area contributed by atoms with E-state index in [9.17, 15) is 28.8 Å². The van der Waals surface area contributed by atoms with Gasteiger partial charge in [0.2, 0.25) is 23.6 Å². The van der Waals surface area contributed by atoms with E-state index < -0.39 is 17.5 Å². The van der Waals surface area contributed by atoms with Crippen LogP contribution in [0.3, 0.4) is 0 Å². The Morgan fingerprint density at radius 3 is 1.51 bits per heavy atom. The second-order valence-electron chi connectivity index (χ2n) is 17.3. The number of β-lactam (4-membered cyclic amide) rings is 1. The molecule has 4 amide bonds. The molecule has 0 aromatic carbocycles. The highest BCUT2D eigenvalue weighted by molar-refractivity contribution is 9.10. The Bertz CT molecular complexity index is 3080. The van der Waals surface area contributed by atoms with Gasteiger partial charge >= 0.3 is 11.9 Å². The van der Waals surface area contributed by atoms with Gasteiger partial charge in [0.15, 0.2) is 5.82 Å². The molecule has 4 aliphatic heterocycles. The highest BCUT2D eigenvalue weighted by atomic mass is 79.9. The van der Waals surface area contributed by atoms with Crippen LogP contribution in [-0.2, 0) is 53.1 Å². The van der Waals surface area contributed by atoms with E-state index in [0.717, 1.165) is 50.3 Å². The van der Waals surface area contributed by atoms with Gasteiger partial charge < -0.3 is 41.7 Å². The van der Waals surface area contributed by atoms with Crippen molar-refractivity contribution in [1.29, 1.82) is 10.5 Å². The van der Waals surface area contributed by atoms with Crippen LogP contribution < -0.4 is 36.8 Å². The van der Waals surface area contributed by atoms with Gasteiger partial charge in [-0.05, 0) is 102 Å². The molecule has 442 valence electrons. The summed E-state index contributed by atoms with van der Waals surface area (Å²) >= 11 is 8.84. The first-order valence-electron chi connectivity index (χ1n) is 23.5. The Morgan fingerprint density at radius 2 is 1.11 bits per heavy atom. The Balaban J connectivity index is 0. The largest absolute Gasteiger partial charge is 0.478 e. The maximum absolute atomic E-state index is 11.7. The van der Waals surface area contributed by atoms with E-state index in [1.165, 1.54) is 17.1 Å². The quantitative estimate of drug-likeness (QED) is 0.0372. The van der Waals surface area contributed by atoms with Crippen molar-refractivity contribution in [2.45, 2.75) is 101 Å². The number of amides is 4. The Hall–Kier alpha value is -8.03. The molecule has 82 heavy (non-hydrogen) atoms. The molecule has 0 radical (unpaired) electrons. The van der Waals surface area contributed by atoms with Crippen LogP contribution in [0.4, 0.5) is 23.3 Å². The number of hydrogen-bond acceptors (Lipinski definition) is 17. The molecule has 5 aromatic rings. The zero-order valence-electron chi connectivity index (χ0n) is 42.5. The monoisotopic (exact) mass is 1300 g/mol. The van der Waals surface area contributed by atoms with Crippen LogP contribution in [0.25, 0.3) is 12.2 Å². The number of carbonyl (C=O) groups is 6. The van der Waals surface area contributed by atoms with Crippen molar-refractivity contribution in [2.75, 3.05) is 47.0 Å². The van der Waals surface area contributed by atoms with Gasteiger partial charge in [0.05, 0.1) is 11.1 Å². The van der Waals surface area contributed by atoms with E-state index in [2.05, 4.69) is 72.8 Å². The van der Waals surface area contributed by atoms with Crippen molar-refractivity contribution in [1.82, 2.24) is 40.9 Å². The summed E-state index contributed by atoms with van der Waals surface area (Å²) in [5.74, 6) is 1.52. The third kappa shape index (κ3) is 26.0. The molecule has 1 saturated heterocycles. The first-order chi connectivity index (χ1) is 36.4. The average Bonchev–Trinajstić information content (AvgIpc) is 3.38. The van der Waals surface area contributed by atoms with Crippen LogP contribution in [0.2, 0.25) is 5.15 Å². The molecule has 0 atom stereocenters. The Labute approximate surface area is 509 Å². The number of nitrogens with zero attached hydrogens (tertiary/aromatic N) is 8. The summed E-state index contributed by atoms with van der Waals surface area (Å²) in [6, 6.07) is 16.2. The number of anilines is 4. The Morgan fingerprint density at radius 1 is 0.671 bits per heavy atom. The predicted octanol–water partition coefficient (Wildman–Crippen LogP) is 9.60. The lowest BCUT2D eigenvalue weighted by atomic mass is 10.1. The molecular weight excluding hydrogens is 1230 g/mol. The molecule has 26 heteroatoms. The minimum absolute atomic E-state index is 0. The van der Waals surface area contributed by atoms with Crippen molar-refractivity contribution < 1.29 is 38.6 Å². The van der Waals surface area contributed by atoms with Crippen molar-refractivity contribution in [2.24, 2.45) is 0 Å². The third-order valence-electron chi connectivity index (χ3n) is 10.4. The molecule has 0 aliphatic carbocycles. The van der Waals surface area contributed by atoms with Crippen LogP contribution >= 0.6 is 56.9 Å². The number of carbonyl (C=O) groups excluding carboxylic acids is 5. The molecule has 0 saturated carbocycles. The van der Waals surface area contributed by atoms with Crippen LogP contribution in [0.1, 0.15) is 115 Å². The molecule has 0 bridgehead atoms. The molecule has 9 rings (SSSR count). The summed E-state index contributed by atoms with van der Waals surface area (Å²) in [4.78, 5) is 89.0. The van der Waals surface area contributed by atoms with Gasteiger partial charge in [0, 0.05) is 136 Å². The topological polar surface area (TPSA) is 319 Å². The normalized spacial score (nSPS) is 13.5. The number of fused-ring (bicyclic) bond motifs is 3. The fourth-order valence-electron chi connectivity index (χ4n) is 6.71. The molecule has 4 aliphatic rings. The van der Waals surface area contributed by atoms with Gasteiger partial charge in [-0.15, -0.1) is 29.4 Å². The third-order valence-corrected chi connectivity index (χ3v) is 11.1. The van der Waals surface area contributed by atoms with Gasteiger partial charge in [0.1, 0.15) is 40.3 Å². The molecule has 7 N–H and O–H groups in total. The number of rotatable bonds is 5. The number of aromatic nitrogens is 5. The second kappa shape index (κ2) is 38.6. The maximum Gasteiger partial charge on any atom is 0.331 e. The van der Waals surface area contributed by atoms with E-state index >= 15 is 0 Å². The number of halogens is 4. The van der Waals surface area contributed by atoms with Crippen LogP contribution in [0, 0.1) is 22.7 Å². The van der Waals surface area contributed by atoms with E-state index in [0.29, 0.717) is 94.0 Å². The number of hydrogen-bond donors (Lipinski definition) is 7. The first kappa shape index (κ1) is 76.0. The van der Waals surface area contributed by atoms with E-state index in [1.807, 2.05) is 45.0 Å². The zero-order valence-corrected chi connectivity index (χ0v) is 47.3. The predicted molar refractivity (Wildman–Crippen MR) is 331 cm³/mol. The summed E-state index contributed by atoms with van der Waals surface area (Å²) in [6.45, 7) is 9.20. The van der Waals surface area contributed by atoms with Gasteiger partial charge in [-0.2, -0.15) is 10.5 Å². The van der Waals surface area contributed by atoms with Crippen molar-refractivity contribution in [3.8, 4) is 12.1 Å². The van der Waals surface area contributed by atoms with E-state index in [-0.39, 0.29) is 87.9 Å². The van der Waals surface area contributed by atoms with Gasteiger partial charge in [0.25, 0.3) is 0 Å². The fourth-order valence-corrected chi connectivity index (χ4v) is 7.25. The SMILES string of the molecule is Br.C.C.C.C.CC(C)(C)OC(=O)/C=C/c1cnc2c(c1)CNC(=O)CCN2.Cl.N#Cc1cccnc1Cl.N#Cc1cccnc1N1CCC1=O.O=C(O)/C=C/c1cnc2c(c1)CNC(=O)CCN2.O=C1CCNc2ncc(Br)cc2CN1. The van der Waals surface area contributed by atoms with Crippen LogP contribution in [-0.4, -0.2) is 97.4 Å². The van der Waals surface area contributed by atoms with Gasteiger partial charge in [-0.25, -0.2) is 34.5 Å². The average molecular weight is 1300 g/mol. The minimum atomic E-state index is -1.01. The van der Waals surface area contributed by atoms with E-state index in [4.69, 9.17) is 32.0 Å². The van der Waals surface area contributed by atoms with E-state index in [1.54, 1.807) is 67.4 Å². The molecule has 0 unspecified atom stereocenters. The van der Waals surface area contributed by atoms with Gasteiger partial charge in [-0.3, -0.25) is 24.1 Å². The maximum atomic E-state index is 11.7. The van der Waals surface area contributed by atoms with Crippen molar-refractivity contribution in [3.63, 3.8) is 0 Å². The van der Waals surface area contributed by atoms with Crippen LogP contribution in [0.5, 0.6) is 0 Å². The number of pyridine rings is 5. The lowest BCUT2D eigenvalue weighted by Crippen LogP contribution is -2.44. The number of carboxylic acids is 1. The summed E-state index contributed by atoms with van der Waals surface area (Å²) in [6.07, 6.45) is 15.6. The number of nitriles is 2. The molecule has 22 nitrogen and oxygen atoms in total. The molecule has 1 fully saturated rings. The summed E-state index contributed by atoms with van der Waals surface area (Å²) in [5, 5.41) is 43.7. The number of carboxylic acid groups (broad SMARTS) is 1. The molecule has 0 spiro atoms. The van der Waals surface area contributed by atoms with Gasteiger partial charge in [-0.1, -0.05) is 41.3 Å². The second-order valence-corrected chi connectivity index (χ2v) is 18.6. The minimum Gasteiger partial charge on any atom is -0.478 e. The molecule has 5 aromatic heterocycles. The molecule has 9 heterocycles. The Kier molecular flexibility index (Phi) is 35.8. The highest BCUT2D eigenvalue weighted by Gasteiger charge is 2.28. The van der Waals surface area contributed by atoms with Crippen LogP contribution in [0.15, 0.2) is 90.1 Å². The summed E-state index contributed by atoms with van der Waals surface area (Å²) in [5.41, 5.74) is 4.56. The molecular formula is C56H72Br2Cl2N14O8. The lowest BCUT2D eigenvalue weighted by molar-refractivity contribution is -0.148. The zero-order chi connectivity index (χ0) is 55.0. The van der Waals surface area contributed by atoms with Crippen molar-refractivity contribution in [3.05, 3.63) is 134 Å². The summed E-state index contributed by atoms with van der Waals surface area (Å²) in [7, 11) is 0. The first-order valence-corrected chi connectivity index (χ1v) is 24.7. The number of aliphatic carboxylic acids is 1. The number of ether oxygens (including phenoxy) is 1. The highest BCUT2D eigenvalue weighted by Crippen LogP contribution is 2.23. The summed E-state index contributed by atoms with van der Waals surface area (Å²) < 4.78 is 6.13. The standard InChI is InChI=1S/C16H21N3O3.C12H13N3O3.C9H10BrN3O.C9H7N3O.C6H3ClN2.4CH4.BrH.ClH/c1-16(2,3)22-14(21)5-4-11-8-12-10-18-13(20)6-7-17-15(12)19-9-11;16-10-3-4-13-12-9(7-14-10)5-8(6-15-12)1-2-11(17)18;10-7-3-6-4-12-8(14)1-2-11-9(6)13-5-7;10-6-7-2-1-4-11-9(7)12-5-3-8(12)13;7-6-5(4-8)2-1-3-9-6;;;;;;/h4-5,8-9H,6-7,10H2,1-3H3,(H,17,19)(H,18,20);1-2,5-6H,3-4,7H2,(H,13,15)(H,14,16)(H,17,18);3,5H,1-2,4H2,(H,11,13)(H,12,14);1-2,4H,3,5H2;1-3H;4*1H4;2*1H/b5-4+;2-1+;;;;;;;;;. The number of nitrogens with one attached hydrogen (secondary N) is 6. The lowest BCUT2D eigenvalue weighted by Gasteiger charge is -2.29. The fraction of sp³-hybridized carbons (Fsp3) is 0.339. The number of esters is 1. The smallest absolute Gasteiger partial charge is 0.331 e.